The fourth-order valence-corrected chi connectivity index (χ4v) is 4.19. The molecule has 5 heteroatoms. The monoisotopic (exact) mass is 271 g/mol. The van der Waals surface area contributed by atoms with Gasteiger partial charge < -0.3 is 0 Å². The molecule has 0 radical (unpaired) electrons. The summed E-state index contributed by atoms with van der Waals surface area (Å²) >= 11 is 0. The molecule has 100 valence electrons. The Morgan fingerprint density at radius 2 is 2.22 bits per heavy atom. The number of benzene rings is 1. The highest BCUT2D eigenvalue weighted by Gasteiger charge is 2.31. The van der Waals surface area contributed by atoms with E-state index in [1.165, 1.54) is 12.1 Å². The fourth-order valence-electron chi connectivity index (χ4n) is 2.43. The van der Waals surface area contributed by atoms with Crippen LogP contribution in [0.5, 0.6) is 0 Å². The van der Waals surface area contributed by atoms with Crippen LogP contribution in [0.25, 0.3) is 0 Å². The standard InChI is InChI=1S/C13H18FNO2S/c1-2-15(13-6-7-18(16,17)10-13)9-11-4-3-5-12(14)8-11/h3-5,8,13H,2,6-7,9-10H2,1H3/t13-/m0/s1. The summed E-state index contributed by atoms with van der Waals surface area (Å²) < 4.78 is 36.1. The number of rotatable bonds is 4. The normalized spacial score (nSPS) is 22.5. The Balaban J connectivity index is 2.06. The SMILES string of the molecule is CCN(Cc1cccc(F)c1)[C@H]1CCS(=O)(=O)C1. The summed E-state index contributed by atoms with van der Waals surface area (Å²) in [5.41, 5.74) is 0.890. The third kappa shape index (κ3) is 3.29. The average Bonchev–Trinajstić information content (AvgIpc) is 2.66. The Hall–Kier alpha value is -0.940. The zero-order valence-corrected chi connectivity index (χ0v) is 11.3. The van der Waals surface area contributed by atoms with Crippen molar-refractivity contribution in [1.82, 2.24) is 4.90 Å². The van der Waals surface area contributed by atoms with Crippen LogP contribution in [0.4, 0.5) is 4.39 Å². The first-order valence-electron chi connectivity index (χ1n) is 6.19. The summed E-state index contributed by atoms with van der Waals surface area (Å²) in [4.78, 5) is 2.11. The van der Waals surface area contributed by atoms with Gasteiger partial charge >= 0.3 is 0 Å². The van der Waals surface area contributed by atoms with Crippen LogP contribution in [0.2, 0.25) is 0 Å². The molecule has 0 unspecified atom stereocenters. The third-order valence-electron chi connectivity index (χ3n) is 3.41. The van der Waals surface area contributed by atoms with Crippen molar-refractivity contribution in [1.29, 1.82) is 0 Å². The van der Waals surface area contributed by atoms with Gasteiger partial charge in [0.25, 0.3) is 0 Å². The van der Waals surface area contributed by atoms with Gasteiger partial charge in [-0.15, -0.1) is 0 Å². The number of sulfone groups is 1. The van der Waals surface area contributed by atoms with E-state index in [0.29, 0.717) is 13.0 Å². The van der Waals surface area contributed by atoms with E-state index in [-0.39, 0.29) is 23.4 Å². The van der Waals surface area contributed by atoms with E-state index in [0.717, 1.165) is 12.1 Å². The van der Waals surface area contributed by atoms with Crippen molar-refractivity contribution in [2.24, 2.45) is 0 Å². The highest BCUT2D eigenvalue weighted by Crippen LogP contribution is 2.19. The van der Waals surface area contributed by atoms with Gasteiger partial charge in [0.2, 0.25) is 0 Å². The molecule has 0 amide bonds. The number of nitrogens with zero attached hydrogens (tertiary/aromatic N) is 1. The lowest BCUT2D eigenvalue weighted by atomic mass is 10.1. The van der Waals surface area contributed by atoms with Gasteiger partial charge in [-0.05, 0) is 30.7 Å². The van der Waals surface area contributed by atoms with Gasteiger partial charge in [0.05, 0.1) is 11.5 Å². The van der Waals surface area contributed by atoms with Crippen molar-refractivity contribution in [3.63, 3.8) is 0 Å². The van der Waals surface area contributed by atoms with Crippen molar-refractivity contribution in [2.45, 2.75) is 25.9 Å². The summed E-state index contributed by atoms with van der Waals surface area (Å²) in [6, 6.07) is 6.55. The Morgan fingerprint density at radius 3 is 2.78 bits per heavy atom. The van der Waals surface area contributed by atoms with Gasteiger partial charge in [0.1, 0.15) is 5.82 Å². The number of hydrogen-bond acceptors (Lipinski definition) is 3. The van der Waals surface area contributed by atoms with Crippen LogP contribution in [-0.2, 0) is 16.4 Å². The maximum atomic E-state index is 13.1. The second-order valence-corrected chi connectivity index (χ2v) is 6.98. The molecule has 1 aromatic rings. The molecule has 1 atom stereocenters. The van der Waals surface area contributed by atoms with Crippen LogP contribution in [-0.4, -0.2) is 37.4 Å². The van der Waals surface area contributed by atoms with Crippen molar-refractivity contribution >= 4 is 9.84 Å². The lowest BCUT2D eigenvalue weighted by Crippen LogP contribution is -2.35. The lowest BCUT2D eigenvalue weighted by molar-refractivity contribution is 0.214. The topological polar surface area (TPSA) is 37.4 Å². The quantitative estimate of drug-likeness (QED) is 0.838. The zero-order chi connectivity index (χ0) is 13.2. The summed E-state index contributed by atoms with van der Waals surface area (Å²) in [6.07, 6.45) is 0.686. The van der Waals surface area contributed by atoms with E-state index in [4.69, 9.17) is 0 Å². The minimum absolute atomic E-state index is 0.0725. The minimum atomic E-state index is -2.87. The first kappa shape index (κ1) is 13.5. The molecule has 3 nitrogen and oxygen atoms in total. The van der Waals surface area contributed by atoms with E-state index >= 15 is 0 Å². The van der Waals surface area contributed by atoms with Gasteiger partial charge in [-0.1, -0.05) is 19.1 Å². The maximum Gasteiger partial charge on any atom is 0.151 e. The van der Waals surface area contributed by atoms with Gasteiger partial charge in [-0.3, -0.25) is 4.90 Å². The highest BCUT2D eigenvalue weighted by atomic mass is 32.2. The molecule has 0 spiro atoms. The van der Waals surface area contributed by atoms with E-state index in [9.17, 15) is 12.8 Å². The predicted octanol–water partition coefficient (Wildman–Crippen LogP) is 1.83. The molecule has 0 N–H and O–H groups in total. The molecule has 0 saturated carbocycles. The van der Waals surface area contributed by atoms with Crippen molar-refractivity contribution in [2.75, 3.05) is 18.1 Å². The molecule has 0 aliphatic carbocycles. The van der Waals surface area contributed by atoms with Gasteiger partial charge in [0.15, 0.2) is 9.84 Å². The molecule has 0 bridgehead atoms. The third-order valence-corrected chi connectivity index (χ3v) is 5.16. The number of halogens is 1. The van der Waals surface area contributed by atoms with Crippen molar-refractivity contribution in [3.05, 3.63) is 35.6 Å². The van der Waals surface area contributed by atoms with E-state index < -0.39 is 9.84 Å². The smallest absolute Gasteiger partial charge is 0.151 e. The molecule has 1 aromatic carbocycles. The molecule has 1 fully saturated rings. The molecule has 18 heavy (non-hydrogen) atoms. The Morgan fingerprint density at radius 1 is 1.44 bits per heavy atom. The van der Waals surface area contributed by atoms with Gasteiger partial charge in [-0.25, -0.2) is 12.8 Å². The summed E-state index contributed by atoms with van der Waals surface area (Å²) in [6.45, 7) is 3.38. The van der Waals surface area contributed by atoms with Crippen LogP contribution in [0.15, 0.2) is 24.3 Å². The minimum Gasteiger partial charge on any atom is -0.295 e. The van der Waals surface area contributed by atoms with Gasteiger partial charge in [-0.2, -0.15) is 0 Å². The molecule has 1 heterocycles. The summed E-state index contributed by atoms with van der Waals surface area (Å²) in [7, 11) is -2.87. The molecule has 2 rings (SSSR count). The van der Waals surface area contributed by atoms with Crippen LogP contribution < -0.4 is 0 Å². The van der Waals surface area contributed by atoms with Crippen LogP contribution in [0.3, 0.4) is 0 Å². The molecular weight excluding hydrogens is 253 g/mol. The Labute approximate surface area is 108 Å². The van der Waals surface area contributed by atoms with Crippen LogP contribution in [0, 0.1) is 5.82 Å². The highest BCUT2D eigenvalue weighted by molar-refractivity contribution is 7.91. The van der Waals surface area contributed by atoms with E-state index in [2.05, 4.69) is 4.90 Å². The van der Waals surface area contributed by atoms with Crippen molar-refractivity contribution in [3.8, 4) is 0 Å². The Bertz CT molecular complexity index is 515. The van der Waals surface area contributed by atoms with Crippen LogP contribution >= 0.6 is 0 Å². The predicted molar refractivity (Wildman–Crippen MR) is 69.5 cm³/mol. The van der Waals surface area contributed by atoms with Gasteiger partial charge in [0, 0.05) is 12.6 Å². The second kappa shape index (κ2) is 5.36. The largest absolute Gasteiger partial charge is 0.295 e. The molecule has 1 aliphatic rings. The number of hydrogen-bond donors (Lipinski definition) is 0. The Kier molecular flexibility index (Phi) is 4.02. The first-order valence-corrected chi connectivity index (χ1v) is 8.01. The first-order chi connectivity index (χ1) is 8.50. The molecular formula is C13H18FNO2S. The molecule has 1 saturated heterocycles. The molecule has 0 aromatic heterocycles. The summed E-state index contributed by atoms with van der Waals surface area (Å²) in [5, 5.41) is 0. The van der Waals surface area contributed by atoms with Crippen LogP contribution in [0.1, 0.15) is 18.9 Å². The fraction of sp³-hybridized carbons (Fsp3) is 0.538. The molecule has 1 aliphatic heterocycles. The van der Waals surface area contributed by atoms with Crippen molar-refractivity contribution < 1.29 is 12.8 Å². The second-order valence-electron chi connectivity index (χ2n) is 4.75. The average molecular weight is 271 g/mol. The van der Waals surface area contributed by atoms with E-state index in [1.807, 2.05) is 13.0 Å². The summed E-state index contributed by atoms with van der Waals surface area (Å²) in [5.74, 6) is 0.260. The zero-order valence-electron chi connectivity index (χ0n) is 10.5. The maximum absolute atomic E-state index is 13.1. The van der Waals surface area contributed by atoms with E-state index in [1.54, 1.807) is 6.07 Å². The lowest BCUT2D eigenvalue weighted by Gasteiger charge is -2.26.